The summed E-state index contributed by atoms with van der Waals surface area (Å²) in [5.74, 6) is -0.609. The normalized spacial score (nSPS) is 14.1. The number of nitrogens with zero attached hydrogens (tertiary/aromatic N) is 2. The maximum absolute atomic E-state index is 12.8. The van der Waals surface area contributed by atoms with Crippen LogP contribution in [0.2, 0.25) is 10.0 Å². The number of hydrogen-bond acceptors (Lipinski definition) is 3. The van der Waals surface area contributed by atoms with Gasteiger partial charge in [0.1, 0.15) is 5.75 Å². The molecule has 1 N–H and O–H groups in total. The molecule has 2 amide bonds. The number of hydrogen-bond donors (Lipinski definition) is 1. The molecule has 1 aliphatic rings. The average molecular weight is 405 g/mol. The number of benzene rings is 2. The highest BCUT2D eigenvalue weighted by molar-refractivity contribution is 6.34. The van der Waals surface area contributed by atoms with Gasteiger partial charge >= 0.3 is 0 Å². The number of amides is 2. The minimum absolute atomic E-state index is 0.140. The minimum atomic E-state index is -0.317. The SMILES string of the molecule is C=CC(=O)N1CCN(C(=O)c2cc(Cl)c(-c3ccc(Cl)cc3)cc2O)CC1. The highest BCUT2D eigenvalue weighted by atomic mass is 35.5. The lowest BCUT2D eigenvalue weighted by molar-refractivity contribution is -0.127. The third-order valence-corrected chi connectivity index (χ3v) is 5.09. The number of phenolic OH excluding ortho intramolecular Hbond substituents is 1. The monoisotopic (exact) mass is 404 g/mol. The zero-order chi connectivity index (χ0) is 19.6. The molecule has 2 aromatic carbocycles. The van der Waals surface area contributed by atoms with Gasteiger partial charge in [-0.3, -0.25) is 9.59 Å². The molecule has 2 aromatic rings. The fourth-order valence-corrected chi connectivity index (χ4v) is 3.41. The van der Waals surface area contributed by atoms with Crippen LogP contribution >= 0.6 is 23.2 Å². The van der Waals surface area contributed by atoms with Crippen molar-refractivity contribution in [3.63, 3.8) is 0 Å². The Morgan fingerprint density at radius 2 is 1.59 bits per heavy atom. The Labute approximate surface area is 167 Å². The molecular formula is C20H18Cl2N2O3. The summed E-state index contributed by atoms with van der Waals surface area (Å²) in [6.45, 7) is 5.09. The molecule has 3 rings (SSSR count). The van der Waals surface area contributed by atoms with Crippen LogP contribution in [0.4, 0.5) is 0 Å². The second-order valence-corrected chi connectivity index (χ2v) is 7.02. The van der Waals surface area contributed by atoms with Crippen LogP contribution in [0.25, 0.3) is 11.1 Å². The van der Waals surface area contributed by atoms with Gasteiger partial charge in [0.25, 0.3) is 5.91 Å². The average Bonchev–Trinajstić information content (AvgIpc) is 2.69. The van der Waals surface area contributed by atoms with Gasteiger partial charge in [-0.25, -0.2) is 0 Å². The molecule has 0 radical (unpaired) electrons. The lowest BCUT2D eigenvalue weighted by Crippen LogP contribution is -2.50. The summed E-state index contributed by atoms with van der Waals surface area (Å²) in [6.07, 6.45) is 1.26. The van der Waals surface area contributed by atoms with E-state index in [1.807, 2.05) is 0 Å². The Morgan fingerprint density at radius 3 is 2.19 bits per heavy atom. The van der Waals surface area contributed by atoms with Crippen LogP contribution < -0.4 is 0 Å². The van der Waals surface area contributed by atoms with E-state index >= 15 is 0 Å². The maximum Gasteiger partial charge on any atom is 0.257 e. The number of piperazine rings is 1. The van der Waals surface area contributed by atoms with Crippen LogP contribution in [0.5, 0.6) is 5.75 Å². The molecule has 1 fully saturated rings. The summed E-state index contributed by atoms with van der Waals surface area (Å²) in [5.41, 5.74) is 1.54. The topological polar surface area (TPSA) is 60.9 Å². The summed E-state index contributed by atoms with van der Waals surface area (Å²) in [5, 5.41) is 11.4. The molecule has 1 saturated heterocycles. The van der Waals surface area contributed by atoms with Crippen molar-refractivity contribution >= 4 is 35.0 Å². The quantitative estimate of drug-likeness (QED) is 0.790. The first-order chi connectivity index (χ1) is 12.9. The zero-order valence-corrected chi connectivity index (χ0v) is 16.0. The predicted molar refractivity (Wildman–Crippen MR) is 106 cm³/mol. The fourth-order valence-electron chi connectivity index (χ4n) is 3.01. The summed E-state index contributed by atoms with van der Waals surface area (Å²) in [7, 11) is 0. The summed E-state index contributed by atoms with van der Waals surface area (Å²) in [4.78, 5) is 27.7. The summed E-state index contributed by atoms with van der Waals surface area (Å²) < 4.78 is 0. The van der Waals surface area contributed by atoms with E-state index in [0.717, 1.165) is 5.56 Å². The lowest BCUT2D eigenvalue weighted by Gasteiger charge is -2.34. The van der Waals surface area contributed by atoms with Crippen LogP contribution in [0.1, 0.15) is 10.4 Å². The molecule has 1 heterocycles. The van der Waals surface area contributed by atoms with E-state index in [2.05, 4.69) is 6.58 Å². The van der Waals surface area contributed by atoms with E-state index in [0.29, 0.717) is 41.8 Å². The lowest BCUT2D eigenvalue weighted by atomic mass is 10.0. The molecule has 0 atom stereocenters. The number of phenols is 1. The van der Waals surface area contributed by atoms with Gasteiger partial charge < -0.3 is 14.9 Å². The standard InChI is InChI=1S/C20H18Cl2N2O3/c1-2-19(26)23-7-9-24(10-8-23)20(27)16-11-17(22)15(12-18(16)25)13-3-5-14(21)6-4-13/h2-6,11-12,25H,1,7-10H2. The first kappa shape index (κ1) is 19.3. The number of carbonyl (C=O) groups is 2. The van der Waals surface area contributed by atoms with Gasteiger partial charge in [-0.05, 0) is 35.9 Å². The number of halogens is 2. The van der Waals surface area contributed by atoms with Crippen molar-refractivity contribution < 1.29 is 14.7 Å². The first-order valence-electron chi connectivity index (χ1n) is 8.39. The molecule has 0 aliphatic carbocycles. The number of aromatic hydroxyl groups is 1. The zero-order valence-electron chi connectivity index (χ0n) is 14.5. The van der Waals surface area contributed by atoms with E-state index in [1.165, 1.54) is 18.2 Å². The van der Waals surface area contributed by atoms with Crippen molar-refractivity contribution in [3.8, 4) is 16.9 Å². The van der Waals surface area contributed by atoms with Gasteiger partial charge in [-0.2, -0.15) is 0 Å². The molecule has 7 heteroatoms. The molecule has 27 heavy (non-hydrogen) atoms. The van der Waals surface area contributed by atoms with Gasteiger partial charge in [0.05, 0.1) is 5.56 Å². The Hall–Kier alpha value is -2.50. The van der Waals surface area contributed by atoms with Gasteiger partial charge in [-0.15, -0.1) is 0 Å². The van der Waals surface area contributed by atoms with Gasteiger partial charge in [0.15, 0.2) is 0 Å². The smallest absolute Gasteiger partial charge is 0.257 e. The molecule has 5 nitrogen and oxygen atoms in total. The molecule has 0 unspecified atom stereocenters. The van der Waals surface area contributed by atoms with Crippen LogP contribution in [-0.2, 0) is 4.79 Å². The van der Waals surface area contributed by atoms with E-state index in [4.69, 9.17) is 23.2 Å². The van der Waals surface area contributed by atoms with Crippen molar-refractivity contribution in [2.45, 2.75) is 0 Å². The van der Waals surface area contributed by atoms with Gasteiger partial charge in [0.2, 0.25) is 5.91 Å². The molecule has 1 aliphatic heterocycles. The predicted octanol–water partition coefficient (Wildman–Crippen LogP) is 3.84. The Morgan fingerprint density at radius 1 is 1.00 bits per heavy atom. The third kappa shape index (κ3) is 4.10. The van der Waals surface area contributed by atoms with Crippen LogP contribution in [0, 0.1) is 0 Å². The Balaban J connectivity index is 1.80. The van der Waals surface area contributed by atoms with E-state index in [-0.39, 0.29) is 23.1 Å². The molecule has 0 aromatic heterocycles. The van der Waals surface area contributed by atoms with E-state index in [9.17, 15) is 14.7 Å². The second kappa shape index (κ2) is 8.03. The van der Waals surface area contributed by atoms with Gasteiger partial charge in [0, 0.05) is 41.8 Å². The Kier molecular flexibility index (Phi) is 5.73. The second-order valence-electron chi connectivity index (χ2n) is 6.18. The van der Waals surface area contributed by atoms with E-state index < -0.39 is 0 Å². The van der Waals surface area contributed by atoms with Crippen LogP contribution in [0.15, 0.2) is 49.1 Å². The molecule has 140 valence electrons. The van der Waals surface area contributed by atoms with Crippen molar-refractivity contribution in [1.29, 1.82) is 0 Å². The maximum atomic E-state index is 12.8. The summed E-state index contributed by atoms with van der Waals surface area (Å²) in [6, 6.07) is 10.0. The molecular weight excluding hydrogens is 387 g/mol. The van der Waals surface area contributed by atoms with E-state index in [1.54, 1.807) is 34.1 Å². The largest absolute Gasteiger partial charge is 0.507 e. The third-order valence-electron chi connectivity index (χ3n) is 4.52. The number of carbonyl (C=O) groups excluding carboxylic acids is 2. The Bertz CT molecular complexity index is 889. The first-order valence-corrected chi connectivity index (χ1v) is 9.15. The minimum Gasteiger partial charge on any atom is -0.507 e. The fraction of sp³-hybridized carbons (Fsp3) is 0.200. The van der Waals surface area contributed by atoms with Crippen LogP contribution in [0.3, 0.4) is 0 Å². The molecule has 0 spiro atoms. The van der Waals surface area contributed by atoms with Crippen molar-refractivity contribution in [2.24, 2.45) is 0 Å². The number of rotatable bonds is 3. The highest BCUT2D eigenvalue weighted by Crippen LogP contribution is 2.35. The highest BCUT2D eigenvalue weighted by Gasteiger charge is 2.26. The van der Waals surface area contributed by atoms with Crippen LogP contribution in [-0.4, -0.2) is 52.9 Å². The molecule has 0 saturated carbocycles. The van der Waals surface area contributed by atoms with Crippen molar-refractivity contribution in [1.82, 2.24) is 9.80 Å². The van der Waals surface area contributed by atoms with Crippen molar-refractivity contribution in [2.75, 3.05) is 26.2 Å². The molecule has 0 bridgehead atoms. The summed E-state index contributed by atoms with van der Waals surface area (Å²) >= 11 is 12.3. The van der Waals surface area contributed by atoms with Crippen molar-refractivity contribution in [3.05, 3.63) is 64.7 Å². The van der Waals surface area contributed by atoms with Gasteiger partial charge in [-0.1, -0.05) is 41.9 Å².